The normalized spacial score (nSPS) is 26.3. The molecule has 1 saturated carbocycles. The Balaban J connectivity index is 2.16. The van der Waals surface area contributed by atoms with Gasteiger partial charge in [-0.15, -0.1) is 0 Å². The summed E-state index contributed by atoms with van der Waals surface area (Å²) in [6.07, 6.45) is 4.45. The van der Waals surface area contributed by atoms with E-state index in [2.05, 4.69) is 0 Å². The first-order chi connectivity index (χ1) is 10.0. The molecule has 1 atom stereocenters. The number of hydrogen-bond donors (Lipinski definition) is 1. The Bertz CT molecular complexity index is 584. The highest BCUT2D eigenvalue weighted by Crippen LogP contribution is 2.49. The van der Waals surface area contributed by atoms with E-state index in [1.807, 2.05) is 0 Å². The van der Waals surface area contributed by atoms with E-state index in [9.17, 15) is 18.7 Å². The number of carbonyl (C=O) groups excluding carboxylic acids is 1. The SMILES string of the molecule is CCN1C(=O)C(O)(C2CCCCC2)c2ccc(F)c(F)c21. The number of hydrogen-bond acceptors (Lipinski definition) is 2. The van der Waals surface area contributed by atoms with Gasteiger partial charge >= 0.3 is 0 Å². The van der Waals surface area contributed by atoms with E-state index in [1.165, 1.54) is 11.0 Å². The number of amides is 1. The van der Waals surface area contributed by atoms with Gasteiger partial charge in [0, 0.05) is 18.0 Å². The fraction of sp³-hybridized carbons (Fsp3) is 0.562. The number of carbonyl (C=O) groups is 1. The molecule has 1 N–H and O–H groups in total. The molecular weight excluding hydrogens is 276 g/mol. The molecule has 5 heteroatoms. The van der Waals surface area contributed by atoms with E-state index in [0.717, 1.165) is 38.2 Å². The first kappa shape index (κ1) is 14.4. The highest BCUT2D eigenvalue weighted by Gasteiger charge is 2.55. The number of halogens is 2. The minimum atomic E-state index is -1.71. The number of rotatable bonds is 2. The lowest BCUT2D eigenvalue weighted by Crippen LogP contribution is -2.46. The second-order valence-corrected chi connectivity index (χ2v) is 5.91. The monoisotopic (exact) mass is 295 g/mol. The standard InChI is InChI=1S/C16H19F2NO2/c1-2-19-14-11(8-9-12(17)13(14)18)16(21,15(19)20)10-6-4-3-5-7-10/h8-10,21H,2-7H2,1H3. The van der Waals surface area contributed by atoms with Gasteiger partial charge in [0.15, 0.2) is 17.2 Å². The van der Waals surface area contributed by atoms with Crippen LogP contribution in [-0.2, 0) is 10.4 Å². The second-order valence-electron chi connectivity index (χ2n) is 5.91. The zero-order chi connectivity index (χ0) is 15.2. The molecule has 1 aromatic carbocycles. The molecule has 1 heterocycles. The van der Waals surface area contributed by atoms with Gasteiger partial charge in [0.05, 0.1) is 5.69 Å². The summed E-state index contributed by atoms with van der Waals surface area (Å²) in [4.78, 5) is 13.8. The highest BCUT2D eigenvalue weighted by atomic mass is 19.2. The maximum absolute atomic E-state index is 14.1. The fourth-order valence-corrected chi connectivity index (χ4v) is 3.75. The zero-order valence-corrected chi connectivity index (χ0v) is 12.0. The third kappa shape index (κ3) is 1.90. The average Bonchev–Trinajstić information content (AvgIpc) is 2.74. The number of likely N-dealkylation sites (N-methyl/N-ethyl adjacent to an activating group) is 1. The third-order valence-corrected chi connectivity index (χ3v) is 4.83. The molecule has 3 rings (SSSR count). The molecule has 3 nitrogen and oxygen atoms in total. The van der Waals surface area contributed by atoms with E-state index in [0.29, 0.717) is 0 Å². The summed E-state index contributed by atoms with van der Waals surface area (Å²) < 4.78 is 27.7. The van der Waals surface area contributed by atoms with Gasteiger partial charge in [-0.05, 0) is 25.8 Å². The molecule has 0 radical (unpaired) electrons. The zero-order valence-electron chi connectivity index (χ0n) is 12.0. The molecule has 0 bridgehead atoms. The Morgan fingerprint density at radius 3 is 2.57 bits per heavy atom. The first-order valence-electron chi connectivity index (χ1n) is 7.54. The lowest BCUT2D eigenvalue weighted by molar-refractivity contribution is -0.143. The minimum absolute atomic E-state index is 0.0874. The molecule has 1 aliphatic carbocycles. The van der Waals surface area contributed by atoms with Crippen molar-refractivity contribution in [1.82, 2.24) is 0 Å². The maximum Gasteiger partial charge on any atom is 0.264 e. The number of benzene rings is 1. The van der Waals surface area contributed by atoms with Crippen LogP contribution in [0.3, 0.4) is 0 Å². The maximum atomic E-state index is 14.1. The van der Waals surface area contributed by atoms with Crippen LogP contribution < -0.4 is 4.90 Å². The Hall–Kier alpha value is -1.49. The van der Waals surface area contributed by atoms with Crippen molar-refractivity contribution in [2.24, 2.45) is 5.92 Å². The van der Waals surface area contributed by atoms with Crippen molar-refractivity contribution in [3.63, 3.8) is 0 Å². The predicted molar refractivity (Wildman–Crippen MR) is 74.9 cm³/mol. The smallest absolute Gasteiger partial charge is 0.264 e. The van der Waals surface area contributed by atoms with Crippen LogP contribution in [0.2, 0.25) is 0 Å². The van der Waals surface area contributed by atoms with Crippen molar-refractivity contribution in [2.45, 2.75) is 44.6 Å². The number of nitrogens with zero attached hydrogens (tertiary/aromatic N) is 1. The van der Waals surface area contributed by atoms with Crippen LogP contribution in [0, 0.1) is 17.6 Å². The lowest BCUT2D eigenvalue weighted by atomic mass is 9.74. The highest BCUT2D eigenvalue weighted by molar-refractivity contribution is 6.07. The van der Waals surface area contributed by atoms with E-state index < -0.39 is 23.1 Å². The van der Waals surface area contributed by atoms with Crippen molar-refractivity contribution in [3.05, 3.63) is 29.3 Å². The van der Waals surface area contributed by atoms with Crippen molar-refractivity contribution < 1.29 is 18.7 Å². The van der Waals surface area contributed by atoms with E-state index >= 15 is 0 Å². The molecule has 2 aliphatic rings. The summed E-state index contributed by atoms with van der Waals surface area (Å²) in [6, 6.07) is 2.35. The van der Waals surface area contributed by atoms with Gasteiger partial charge in [-0.3, -0.25) is 4.79 Å². The molecule has 1 amide bonds. The lowest BCUT2D eigenvalue weighted by Gasteiger charge is -2.34. The quantitative estimate of drug-likeness (QED) is 0.911. The Morgan fingerprint density at radius 1 is 1.29 bits per heavy atom. The average molecular weight is 295 g/mol. The van der Waals surface area contributed by atoms with Crippen molar-refractivity contribution in [3.8, 4) is 0 Å². The minimum Gasteiger partial charge on any atom is -0.375 e. The van der Waals surface area contributed by atoms with Gasteiger partial charge in [-0.2, -0.15) is 0 Å². The molecule has 1 unspecified atom stereocenters. The van der Waals surface area contributed by atoms with Gasteiger partial charge in [0.25, 0.3) is 5.91 Å². The Kier molecular flexibility index (Phi) is 3.48. The topological polar surface area (TPSA) is 40.5 Å². The Morgan fingerprint density at radius 2 is 1.95 bits per heavy atom. The molecular formula is C16H19F2NO2. The van der Waals surface area contributed by atoms with Gasteiger partial charge in [0.1, 0.15) is 0 Å². The predicted octanol–water partition coefficient (Wildman–Crippen LogP) is 3.10. The molecule has 0 spiro atoms. The van der Waals surface area contributed by atoms with Crippen LogP contribution >= 0.6 is 0 Å². The molecule has 114 valence electrons. The summed E-state index contributed by atoms with van der Waals surface area (Å²) >= 11 is 0. The summed E-state index contributed by atoms with van der Waals surface area (Å²) in [5.41, 5.74) is -1.57. The second kappa shape index (κ2) is 5.05. The molecule has 1 fully saturated rings. The van der Waals surface area contributed by atoms with E-state index in [1.54, 1.807) is 6.92 Å². The third-order valence-electron chi connectivity index (χ3n) is 4.83. The van der Waals surface area contributed by atoms with Crippen LogP contribution in [0.1, 0.15) is 44.6 Å². The van der Waals surface area contributed by atoms with Crippen molar-refractivity contribution in [1.29, 1.82) is 0 Å². The largest absolute Gasteiger partial charge is 0.375 e. The molecule has 1 aliphatic heterocycles. The number of aliphatic hydroxyl groups is 1. The molecule has 21 heavy (non-hydrogen) atoms. The molecule has 1 aromatic rings. The Labute approximate surface area is 122 Å². The fourth-order valence-electron chi connectivity index (χ4n) is 3.75. The van der Waals surface area contributed by atoms with E-state index in [4.69, 9.17) is 0 Å². The van der Waals surface area contributed by atoms with Gasteiger partial charge in [0.2, 0.25) is 0 Å². The van der Waals surface area contributed by atoms with Crippen LogP contribution in [-0.4, -0.2) is 17.6 Å². The summed E-state index contributed by atoms with van der Waals surface area (Å²) in [5, 5.41) is 11.1. The molecule has 0 saturated heterocycles. The van der Waals surface area contributed by atoms with Crippen LogP contribution in [0.15, 0.2) is 12.1 Å². The van der Waals surface area contributed by atoms with Crippen LogP contribution in [0.4, 0.5) is 14.5 Å². The summed E-state index contributed by atoms with van der Waals surface area (Å²) in [7, 11) is 0. The van der Waals surface area contributed by atoms with Crippen LogP contribution in [0.5, 0.6) is 0 Å². The van der Waals surface area contributed by atoms with E-state index in [-0.39, 0.29) is 23.7 Å². The van der Waals surface area contributed by atoms with Gasteiger partial charge in [-0.1, -0.05) is 25.3 Å². The van der Waals surface area contributed by atoms with Crippen molar-refractivity contribution >= 4 is 11.6 Å². The van der Waals surface area contributed by atoms with Crippen LogP contribution in [0.25, 0.3) is 0 Å². The van der Waals surface area contributed by atoms with Gasteiger partial charge < -0.3 is 10.0 Å². The van der Waals surface area contributed by atoms with Gasteiger partial charge in [-0.25, -0.2) is 8.78 Å². The number of fused-ring (bicyclic) bond motifs is 1. The summed E-state index contributed by atoms with van der Waals surface area (Å²) in [5.74, 6) is -2.78. The summed E-state index contributed by atoms with van der Waals surface area (Å²) in [6.45, 7) is 1.90. The first-order valence-corrected chi connectivity index (χ1v) is 7.54. The van der Waals surface area contributed by atoms with Crippen molar-refractivity contribution in [2.75, 3.05) is 11.4 Å². The number of anilines is 1. The molecule has 0 aromatic heterocycles.